The molecule has 2 heterocycles. The van der Waals surface area contributed by atoms with Gasteiger partial charge in [-0.2, -0.15) is 4.98 Å². The normalized spacial score (nSPS) is 10.4. The number of nitrogens with one attached hydrogen (secondary N) is 2. The summed E-state index contributed by atoms with van der Waals surface area (Å²) in [6, 6.07) is 0. The van der Waals surface area contributed by atoms with Gasteiger partial charge in [0.1, 0.15) is 17.5 Å². The first-order valence-electron chi connectivity index (χ1n) is 5.66. The van der Waals surface area contributed by atoms with Gasteiger partial charge >= 0.3 is 0 Å². The summed E-state index contributed by atoms with van der Waals surface area (Å²) in [6.45, 7) is 6.03. The molecule has 2 aromatic rings. The lowest BCUT2D eigenvalue weighted by molar-refractivity contribution is 0.379. The van der Waals surface area contributed by atoms with Gasteiger partial charge in [-0.05, 0) is 20.8 Å². The van der Waals surface area contributed by atoms with E-state index >= 15 is 0 Å². The van der Waals surface area contributed by atoms with E-state index in [9.17, 15) is 0 Å². The molecule has 7 nitrogen and oxygen atoms in total. The lowest BCUT2D eigenvalue weighted by Crippen LogP contribution is -2.08. The summed E-state index contributed by atoms with van der Waals surface area (Å²) in [5, 5.41) is 9.94. The number of aromatic nitrogens is 4. The second kappa shape index (κ2) is 4.99. The first-order chi connectivity index (χ1) is 8.60. The zero-order valence-corrected chi connectivity index (χ0v) is 10.9. The van der Waals surface area contributed by atoms with E-state index in [1.54, 1.807) is 6.92 Å². The van der Waals surface area contributed by atoms with Gasteiger partial charge in [0, 0.05) is 12.6 Å². The maximum Gasteiger partial charge on any atom is 0.245 e. The molecule has 2 aromatic heterocycles. The number of hydrogen-bond donors (Lipinski definition) is 2. The summed E-state index contributed by atoms with van der Waals surface area (Å²) in [6.07, 6.45) is 0. The molecule has 0 aliphatic carbocycles. The zero-order valence-electron chi connectivity index (χ0n) is 10.9. The maximum absolute atomic E-state index is 5.03. The van der Waals surface area contributed by atoms with Gasteiger partial charge in [0.25, 0.3) is 0 Å². The molecule has 2 rings (SSSR count). The molecule has 7 heteroatoms. The summed E-state index contributed by atoms with van der Waals surface area (Å²) in [5.41, 5.74) is 0.958. The topological polar surface area (TPSA) is 88.8 Å². The highest BCUT2D eigenvalue weighted by Gasteiger charge is 2.09. The van der Waals surface area contributed by atoms with Crippen molar-refractivity contribution in [1.29, 1.82) is 0 Å². The second-order valence-corrected chi connectivity index (χ2v) is 3.93. The molecule has 0 spiro atoms. The Balaban J connectivity index is 2.16. The van der Waals surface area contributed by atoms with E-state index in [2.05, 4.69) is 30.7 Å². The van der Waals surface area contributed by atoms with E-state index in [-0.39, 0.29) is 0 Å². The van der Waals surface area contributed by atoms with Crippen LogP contribution in [0.15, 0.2) is 4.52 Å². The molecule has 0 fully saturated rings. The third-order valence-electron chi connectivity index (χ3n) is 2.47. The van der Waals surface area contributed by atoms with Crippen molar-refractivity contribution >= 4 is 11.6 Å². The predicted molar refractivity (Wildman–Crippen MR) is 67.4 cm³/mol. The van der Waals surface area contributed by atoms with Gasteiger partial charge in [0.2, 0.25) is 5.89 Å². The third kappa shape index (κ3) is 2.55. The molecule has 96 valence electrons. The highest BCUT2D eigenvalue weighted by Crippen LogP contribution is 2.19. The minimum Gasteiger partial charge on any atom is -0.373 e. The average Bonchev–Trinajstić information content (AvgIpc) is 2.75. The van der Waals surface area contributed by atoms with Crippen molar-refractivity contribution in [1.82, 2.24) is 20.1 Å². The van der Waals surface area contributed by atoms with Crippen molar-refractivity contribution < 1.29 is 4.52 Å². The van der Waals surface area contributed by atoms with Gasteiger partial charge in [-0.15, -0.1) is 0 Å². The van der Waals surface area contributed by atoms with E-state index in [4.69, 9.17) is 4.52 Å². The Labute approximate surface area is 105 Å². The predicted octanol–water partition coefficient (Wildman–Crippen LogP) is 1.44. The fourth-order valence-corrected chi connectivity index (χ4v) is 1.62. The Kier molecular flexibility index (Phi) is 3.40. The minimum absolute atomic E-state index is 0.446. The molecule has 2 N–H and O–H groups in total. The first kappa shape index (κ1) is 12.3. The molecule has 0 unspecified atom stereocenters. The minimum atomic E-state index is 0.446. The highest BCUT2D eigenvalue weighted by molar-refractivity contribution is 5.56. The fraction of sp³-hybridized carbons (Fsp3) is 0.455. The highest BCUT2D eigenvalue weighted by atomic mass is 16.5. The monoisotopic (exact) mass is 248 g/mol. The Morgan fingerprint density at radius 1 is 1.00 bits per heavy atom. The smallest absolute Gasteiger partial charge is 0.245 e. The Hall–Kier alpha value is -2.18. The van der Waals surface area contributed by atoms with Crippen LogP contribution in [-0.4, -0.2) is 27.2 Å². The number of rotatable bonds is 4. The standard InChI is InChI=1S/C11H16N6O/c1-6-10(12-4)15-7(2)16-11(6)13-5-9-14-8(3)17-18-9/h5H2,1-4H3,(H2,12,13,15,16). The van der Waals surface area contributed by atoms with E-state index in [1.165, 1.54) is 0 Å². The van der Waals surface area contributed by atoms with Crippen LogP contribution < -0.4 is 10.6 Å². The summed E-state index contributed by atoms with van der Waals surface area (Å²) in [5.74, 6) is 3.44. The second-order valence-electron chi connectivity index (χ2n) is 3.93. The Morgan fingerprint density at radius 2 is 1.72 bits per heavy atom. The molecule has 0 aliphatic rings. The fourth-order valence-electron chi connectivity index (χ4n) is 1.62. The molecule has 18 heavy (non-hydrogen) atoms. The van der Waals surface area contributed by atoms with Crippen LogP contribution in [0.5, 0.6) is 0 Å². The molecule has 0 aromatic carbocycles. The maximum atomic E-state index is 5.03. The van der Waals surface area contributed by atoms with Crippen LogP contribution in [0.2, 0.25) is 0 Å². The van der Waals surface area contributed by atoms with E-state index in [0.717, 1.165) is 17.2 Å². The number of hydrogen-bond acceptors (Lipinski definition) is 7. The van der Waals surface area contributed by atoms with Crippen LogP contribution in [0, 0.1) is 20.8 Å². The summed E-state index contributed by atoms with van der Waals surface area (Å²) >= 11 is 0. The summed E-state index contributed by atoms with van der Waals surface area (Å²) in [7, 11) is 1.83. The number of nitrogens with zero attached hydrogens (tertiary/aromatic N) is 4. The van der Waals surface area contributed by atoms with Crippen molar-refractivity contribution in [3.05, 3.63) is 23.1 Å². The van der Waals surface area contributed by atoms with Crippen molar-refractivity contribution in [2.24, 2.45) is 0 Å². The molecule has 0 radical (unpaired) electrons. The van der Waals surface area contributed by atoms with Crippen LogP contribution in [0.25, 0.3) is 0 Å². The molecule has 0 saturated carbocycles. The molecule has 0 bridgehead atoms. The molecule has 0 amide bonds. The lowest BCUT2D eigenvalue weighted by Gasteiger charge is -2.11. The molecule has 0 aliphatic heterocycles. The number of anilines is 2. The Morgan fingerprint density at radius 3 is 2.33 bits per heavy atom. The Bertz CT molecular complexity index is 550. The lowest BCUT2D eigenvalue weighted by atomic mass is 10.3. The SMILES string of the molecule is CNc1nc(C)nc(NCc2nc(C)no2)c1C. The molecular formula is C11H16N6O. The van der Waals surface area contributed by atoms with E-state index < -0.39 is 0 Å². The van der Waals surface area contributed by atoms with Gasteiger partial charge in [-0.1, -0.05) is 5.16 Å². The van der Waals surface area contributed by atoms with E-state index in [0.29, 0.717) is 24.1 Å². The van der Waals surface area contributed by atoms with Crippen LogP contribution in [-0.2, 0) is 6.54 Å². The van der Waals surface area contributed by atoms with Crippen LogP contribution in [0.3, 0.4) is 0 Å². The van der Waals surface area contributed by atoms with Crippen molar-refractivity contribution in [3.63, 3.8) is 0 Å². The zero-order chi connectivity index (χ0) is 13.1. The third-order valence-corrected chi connectivity index (χ3v) is 2.47. The van der Waals surface area contributed by atoms with Crippen molar-refractivity contribution in [3.8, 4) is 0 Å². The quantitative estimate of drug-likeness (QED) is 0.846. The van der Waals surface area contributed by atoms with Crippen LogP contribution >= 0.6 is 0 Å². The van der Waals surface area contributed by atoms with Gasteiger partial charge in [0.15, 0.2) is 5.82 Å². The van der Waals surface area contributed by atoms with Gasteiger partial charge in [-0.3, -0.25) is 0 Å². The van der Waals surface area contributed by atoms with E-state index in [1.807, 2.05) is 20.9 Å². The van der Waals surface area contributed by atoms with Gasteiger partial charge < -0.3 is 15.2 Å². The largest absolute Gasteiger partial charge is 0.373 e. The molecule has 0 saturated heterocycles. The number of aryl methyl sites for hydroxylation is 2. The van der Waals surface area contributed by atoms with Crippen molar-refractivity contribution in [2.45, 2.75) is 27.3 Å². The van der Waals surface area contributed by atoms with Gasteiger partial charge in [-0.25, -0.2) is 9.97 Å². The van der Waals surface area contributed by atoms with Gasteiger partial charge in [0.05, 0.1) is 6.54 Å². The van der Waals surface area contributed by atoms with Crippen LogP contribution in [0.4, 0.5) is 11.6 Å². The van der Waals surface area contributed by atoms with Crippen LogP contribution in [0.1, 0.15) is 23.1 Å². The molecular weight excluding hydrogens is 232 g/mol. The summed E-state index contributed by atoms with van der Waals surface area (Å²) in [4.78, 5) is 12.8. The average molecular weight is 248 g/mol. The molecule has 0 atom stereocenters. The summed E-state index contributed by atoms with van der Waals surface area (Å²) < 4.78 is 5.03. The first-order valence-corrected chi connectivity index (χ1v) is 5.66. The van der Waals surface area contributed by atoms with Crippen molar-refractivity contribution in [2.75, 3.05) is 17.7 Å².